The molecule has 2 N–H and O–H groups in total. The van der Waals surface area contributed by atoms with Crippen LogP contribution < -0.4 is 10.6 Å². The normalized spacial score (nSPS) is 10.9. The van der Waals surface area contributed by atoms with E-state index in [1.807, 2.05) is 0 Å². The third-order valence-electron chi connectivity index (χ3n) is 2.55. The molecule has 2 rings (SSSR count). The SMILES string of the molecule is CC(C)(C)OC(=O)Nc1ccc(Nc2ccccc2F)cn1. The predicted molar refractivity (Wildman–Crippen MR) is 83.8 cm³/mol. The summed E-state index contributed by atoms with van der Waals surface area (Å²) in [5.74, 6) is 0.00629. The monoisotopic (exact) mass is 303 g/mol. The van der Waals surface area contributed by atoms with Crippen molar-refractivity contribution in [1.82, 2.24) is 4.98 Å². The molecule has 1 amide bonds. The summed E-state index contributed by atoms with van der Waals surface area (Å²) in [4.78, 5) is 15.7. The number of halogens is 1. The van der Waals surface area contributed by atoms with Crippen LogP contribution in [-0.2, 0) is 4.74 Å². The summed E-state index contributed by atoms with van der Waals surface area (Å²) in [6, 6.07) is 9.64. The minimum Gasteiger partial charge on any atom is -0.444 e. The molecule has 0 saturated carbocycles. The zero-order valence-electron chi connectivity index (χ0n) is 12.7. The number of carbonyl (C=O) groups excluding carboxylic acids is 1. The molecule has 2 aromatic rings. The van der Waals surface area contributed by atoms with Crippen LogP contribution in [-0.4, -0.2) is 16.7 Å². The second-order valence-electron chi connectivity index (χ2n) is 5.66. The first-order valence-corrected chi connectivity index (χ1v) is 6.81. The molecule has 0 aliphatic heterocycles. The zero-order valence-corrected chi connectivity index (χ0v) is 12.7. The van der Waals surface area contributed by atoms with Crippen LogP contribution in [0.15, 0.2) is 42.6 Å². The van der Waals surface area contributed by atoms with Crippen molar-refractivity contribution >= 4 is 23.3 Å². The van der Waals surface area contributed by atoms with Gasteiger partial charge >= 0.3 is 6.09 Å². The molecule has 0 bridgehead atoms. The summed E-state index contributed by atoms with van der Waals surface area (Å²) in [7, 11) is 0. The van der Waals surface area contributed by atoms with Crippen LogP contribution in [0.5, 0.6) is 0 Å². The number of pyridine rings is 1. The second-order valence-corrected chi connectivity index (χ2v) is 5.66. The fourth-order valence-corrected chi connectivity index (χ4v) is 1.67. The van der Waals surface area contributed by atoms with E-state index in [4.69, 9.17) is 4.74 Å². The fourth-order valence-electron chi connectivity index (χ4n) is 1.67. The molecule has 116 valence electrons. The Hall–Kier alpha value is -2.63. The van der Waals surface area contributed by atoms with E-state index in [9.17, 15) is 9.18 Å². The fraction of sp³-hybridized carbons (Fsp3) is 0.250. The van der Waals surface area contributed by atoms with E-state index >= 15 is 0 Å². The van der Waals surface area contributed by atoms with E-state index in [0.29, 0.717) is 17.2 Å². The van der Waals surface area contributed by atoms with E-state index in [2.05, 4.69) is 15.6 Å². The number of aromatic nitrogens is 1. The maximum Gasteiger partial charge on any atom is 0.413 e. The van der Waals surface area contributed by atoms with Crippen LogP contribution in [0, 0.1) is 5.82 Å². The molecule has 0 aliphatic rings. The largest absolute Gasteiger partial charge is 0.444 e. The summed E-state index contributed by atoms with van der Waals surface area (Å²) >= 11 is 0. The number of nitrogens with one attached hydrogen (secondary N) is 2. The highest BCUT2D eigenvalue weighted by Crippen LogP contribution is 2.20. The number of rotatable bonds is 3. The zero-order chi connectivity index (χ0) is 16.2. The lowest BCUT2D eigenvalue weighted by atomic mass is 10.2. The molecule has 0 radical (unpaired) electrons. The molecule has 6 heteroatoms. The van der Waals surface area contributed by atoms with Crippen LogP contribution in [0.3, 0.4) is 0 Å². The number of amides is 1. The Kier molecular flexibility index (Phi) is 4.60. The third kappa shape index (κ3) is 4.73. The Morgan fingerprint density at radius 3 is 2.50 bits per heavy atom. The summed E-state index contributed by atoms with van der Waals surface area (Å²) in [5, 5.41) is 5.44. The number of anilines is 3. The van der Waals surface area contributed by atoms with E-state index in [0.717, 1.165) is 0 Å². The van der Waals surface area contributed by atoms with Crippen molar-refractivity contribution in [2.45, 2.75) is 26.4 Å². The highest BCUT2D eigenvalue weighted by molar-refractivity contribution is 5.83. The Morgan fingerprint density at radius 2 is 1.91 bits per heavy atom. The quantitative estimate of drug-likeness (QED) is 0.886. The van der Waals surface area contributed by atoms with Gasteiger partial charge in [-0.15, -0.1) is 0 Å². The maximum absolute atomic E-state index is 13.5. The first-order valence-electron chi connectivity index (χ1n) is 6.81. The summed E-state index contributed by atoms with van der Waals surface area (Å²) in [5.41, 5.74) is 0.396. The van der Waals surface area contributed by atoms with Gasteiger partial charge in [-0.05, 0) is 45.0 Å². The van der Waals surface area contributed by atoms with Crippen LogP contribution >= 0.6 is 0 Å². The molecular formula is C16H18FN3O2. The highest BCUT2D eigenvalue weighted by atomic mass is 19.1. The number of ether oxygens (including phenoxy) is 1. The highest BCUT2D eigenvalue weighted by Gasteiger charge is 2.16. The molecule has 0 spiro atoms. The number of nitrogens with zero attached hydrogens (tertiary/aromatic N) is 1. The van der Waals surface area contributed by atoms with Crippen molar-refractivity contribution < 1.29 is 13.9 Å². The van der Waals surface area contributed by atoms with Gasteiger partial charge < -0.3 is 10.1 Å². The molecule has 5 nitrogen and oxygen atoms in total. The first kappa shape index (κ1) is 15.8. The number of benzene rings is 1. The average molecular weight is 303 g/mol. The van der Waals surface area contributed by atoms with Gasteiger partial charge in [0.25, 0.3) is 0 Å². The van der Waals surface area contributed by atoms with Crippen molar-refractivity contribution in [1.29, 1.82) is 0 Å². The van der Waals surface area contributed by atoms with Gasteiger partial charge in [0.1, 0.15) is 17.2 Å². The van der Waals surface area contributed by atoms with Gasteiger partial charge in [-0.1, -0.05) is 12.1 Å². The topological polar surface area (TPSA) is 63.2 Å². The molecule has 1 heterocycles. The molecule has 22 heavy (non-hydrogen) atoms. The molecule has 0 fully saturated rings. The van der Waals surface area contributed by atoms with Gasteiger partial charge in [0.15, 0.2) is 0 Å². The van der Waals surface area contributed by atoms with Gasteiger partial charge in [-0.3, -0.25) is 5.32 Å². The molecule has 0 saturated heterocycles. The van der Waals surface area contributed by atoms with Crippen molar-refractivity contribution in [3.8, 4) is 0 Å². The number of para-hydroxylation sites is 1. The molecular weight excluding hydrogens is 285 g/mol. The smallest absolute Gasteiger partial charge is 0.413 e. The lowest BCUT2D eigenvalue weighted by molar-refractivity contribution is 0.0635. The van der Waals surface area contributed by atoms with Crippen LogP contribution in [0.25, 0.3) is 0 Å². The van der Waals surface area contributed by atoms with E-state index < -0.39 is 11.7 Å². The van der Waals surface area contributed by atoms with Gasteiger partial charge in [0.05, 0.1) is 17.6 Å². The number of carbonyl (C=O) groups is 1. The number of hydrogen-bond acceptors (Lipinski definition) is 4. The average Bonchev–Trinajstić information content (AvgIpc) is 2.41. The van der Waals surface area contributed by atoms with Crippen molar-refractivity contribution in [3.63, 3.8) is 0 Å². The molecule has 1 aromatic heterocycles. The lowest BCUT2D eigenvalue weighted by Crippen LogP contribution is -2.27. The van der Waals surface area contributed by atoms with Gasteiger partial charge in [0.2, 0.25) is 0 Å². The third-order valence-corrected chi connectivity index (χ3v) is 2.55. The summed E-state index contributed by atoms with van der Waals surface area (Å²) in [6.45, 7) is 5.34. The Morgan fingerprint density at radius 1 is 1.18 bits per heavy atom. The van der Waals surface area contributed by atoms with Gasteiger partial charge in [-0.25, -0.2) is 14.2 Å². The molecule has 0 aliphatic carbocycles. The predicted octanol–water partition coefficient (Wildman–Crippen LogP) is 4.31. The standard InChI is InChI=1S/C16H18FN3O2/c1-16(2,3)22-15(21)20-14-9-8-11(10-18-14)19-13-7-5-4-6-12(13)17/h4-10,19H,1-3H3,(H,18,20,21). The van der Waals surface area contributed by atoms with E-state index in [1.165, 1.54) is 12.3 Å². The van der Waals surface area contributed by atoms with Crippen molar-refractivity contribution in [3.05, 3.63) is 48.4 Å². The summed E-state index contributed by atoms with van der Waals surface area (Å²) < 4.78 is 18.7. The van der Waals surface area contributed by atoms with Crippen LogP contribution in [0.2, 0.25) is 0 Å². The van der Waals surface area contributed by atoms with Crippen molar-refractivity contribution in [2.24, 2.45) is 0 Å². The van der Waals surface area contributed by atoms with Gasteiger partial charge in [-0.2, -0.15) is 0 Å². The first-order chi connectivity index (χ1) is 10.3. The molecule has 0 atom stereocenters. The second kappa shape index (κ2) is 6.43. The van der Waals surface area contributed by atoms with E-state index in [-0.39, 0.29) is 5.82 Å². The van der Waals surface area contributed by atoms with Crippen LogP contribution in [0.4, 0.5) is 26.4 Å². The summed E-state index contributed by atoms with van der Waals surface area (Å²) in [6.07, 6.45) is 0.925. The van der Waals surface area contributed by atoms with Gasteiger partial charge in [0, 0.05) is 0 Å². The van der Waals surface area contributed by atoms with E-state index in [1.54, 1.807) is 51.1 Å². The minimum absolute atomic E-state index is 0.349. The maximum atomic E-state index is 13.5. The molecule has 1 aromatic carbocycles. The molecule has 0 unspecified atom stereocenters. The Bertz CT molecular complexity index is 651. The minimum atomic E-state index is -0.574. The Balaban J connectivity index is 1.99. The Labute approximate surface area is 128 Å². The van der Waals surface area contributed by atoms with Crippen LogP contribution in [0.1, 0.15) is 20.8 Å². The number of hydrogen-bond donors (Lipinski definition) is 2. The van der Waals surface area contributed by atoms with Crippen molar-refractivity contribution in [2.75, 3.05) is 10.6 Å². The lowest BCUT2D eigenvalue weighted by Gasteiger charge is -2.19.